The first-order valence-electron chi connectivity index (χ1n) is 9.21. The van der Waals surface area contributed by atoms with E-state index in [0.717, 1.165) is 0 Å². The van der Waals surface area contributed by atoms with Gasteiger partial charge in [-0.25, -0.2) is 12.8 Å². The van der Waals surface area contributed by atoms with Crippen molar-refractivity contribution in [1.82, 2.24) is 5.32 Å². The number of carbonyl (C=O) groups is 1. The SMILES string of the molecule is CC(COc1ccccc1F)NC(=O)c1ccc(S(=O)(=O)Nc2ccccc2)cc1. The second kappa shape index (κ2) is 9.41. The maximum atomic E-state index is 13.6. The van der Waals surface area contributed by atoms with Crippen molar-refractivity contribution in [3.8, 4) is 5.75 Å². The lowest BCUT2D eigenvalue weighted by Crippen LogP contribution is -2.36. The Kier molecular flexibility index (Phi) is 6.68. The Balaban J connectivity index is 1.58. The quantitative estimate of drug-likeness (QED) is 0.571. The standard InChI is InChI=1S/C22H21FN2O4S/c1-16(15-29-21-10-6-5-9-20(21)23)24-22(26)17-11-13-19(14-12-17)30(27,28)25-18-7-3-2-4-8-18/h2-14,16,25H,15H2,1H3,(H,24,26). The number of benzene rings is 3. The molecule has 0 heterocycles. The van der Waals surface area contributed by atoms with Gasteiger partial charge in [-0.1, -0.05) is 30.3 Å². The predicted octanol–water partition coefficient (Wildman–Crippen LogP) is 3.82. The number of hydrogen-bond donors (Lipinski definition) is 2. The molecule has 8 heteroatoms. The molecular formula is C22H21FN2O4S. The van der Waals surface area contributed by atoms with Gasteiger partial charge in [-0.05, 0) is 55.5 Å². The van der Waals surface area contributed by atoms with Crippen molar-refractivity contribution in [3.63, 3.8) is 0 Å². The second-order valence-corrected chi connectivity index (χ2v) is 8.29. The summed E-state index contributed by atoms with van der Waals surface area (Å²) in [5, 5.41) is 2.73. The van der Waals surface area contributed by atoms with Crippen LogP contribution in [0.1, 0.15) is 17.3 Å². The average molecular weight is 428 g/mol. The molecule has 1 atom stereocenters. The van der Waals surface area contributed by atoms with Gasteiger partial charge in [0.2, 0.25) is 0 Å². The highest BCUT2D eigenvalue weighted by Gasteiger charge is 2.16. The number of hydrogen-bond acceptors (Lipinski definition) is 4. The molecule has 156 valence electrons. The molecule has 0 aliphatic heterocycles. The zero-order valence-corrected chi connectivity index (χ0v) is 17.0. The van der Waals surface area contributed by atoms with Crippen LogP contribution in [0.25, 0.3) is 0 Å². The van der Waals surface area contributed by atoms with E-state index >= 15 is 0 Å². The number of nitrogens with one attached hydrogen (secondary N) is 2. The van der Waals surface area contributed by atoms with E-state index in [1.165, 1.54) is 36.4 Å². The van der Waals surface area contributed by atoms with Crippen LogP contribution < -0.4 is 14.8 Å². The Labute approximate surface area is 174 Å². The Bertz CT molecular complexity index is 1100. The fraction of sp³-hybridized carbons (Fsp3) is 0.136. The number of carbonyl (C=O) groups excluding carboxylic acids is 1. The summed E-state index contributed by atoms with van der Waals surface area (Å²) in [5.74, 6) is -0.754. The molecule has 2 N–H and O–H groups in total. The molecule has 0 aliphatic rings. The molecule has 0 aromatic heterocycles. The molecule has 1 unspecified atom stereocenters. The Hall–Kier alpha value is -3.39. The molecule has 0 aliphatic carbocycles. The maximum absolute atomic E-state index is 13.6. The Morgan fingerprint density at radius 3 is 2.27 bits per heavy atom. The van der Waals surface area contributed by atoms with Crippen LogP contribution in [-0.2, 0) is 10.0 Å². The highest BCUT2D eigenvalue weighted by atomic mass is 32.2. The highest BCUT2D eigenvalue weighted by molar-refractivity contribution is 7.92. The molecule has 0 saturated heterocycles. The molecule has 0 fully saturated rings. The summed E-state index contributed by atoms with van der Waals surface area (Å²) < 4.78 is 46.3. The minimum absolute atomic E-state index is 0.0406. The summed E-state index contributed by atoms with van der Waals surface area (Å²) in [6.07, 6.45) is 0. The number of rotatable bonds is 8. The lowest BCUT2D eigenvalue weighted by atomic mass is 10.2. The molecule has 3 rings (SSSR count). The van der Waals surface area contributed by atoms with E-state index in [1.54, 1.807) is 49.4 Å². The smallest absolute Gasteiger partial charge is 0.261 e. The minimum Gasteiger partial charge on any atom is -0.488 e. The largest absolute Gasteiger partial charge is 0.488 e. The fourth-order valence-corrected chi connectivity index (χ4v) is 3.69. The number of anilines is 1. The molecule has 0 spiro atoms. The molecule has 1 amide bonds. The summed E-state index contributed by atoms with van der Waals surface area (Å²) in [6, 6.07) is 19.7. The number of para-hydroxylation sites is 2. The lowest BCUT2D eigenvalue weighted by Gasteiger charge is -2.15. The third-order valence-corrected chi connectivity index (χ3v) is 5.55. The molecule has 6 nitrogen and oxygen atoms in total. The third-order valence-electron chi connectivity index (χ3n) is 4.16. The van der Waals surface area contributed by atoms with E-state index < -0.39 is 15.8 Å². The summed E-state index contributed by atoms with van der Waals surface area (Å²) in [7, 11) is -3.76. The van der Waals surface area contributed by atoms with Gasteiger partial charge in [0, 0.05) is 11.3 Å². The highest BCUT2D eigenvalue weighted by Crippen LogP contribution is 2.17. The van der Waals surface area contributed by atoms with Crippen molar-refractivity contribution in [2.45, 2.75) is 17.9 Å². The van der Waals surface area contributed by atoms with Crippen LogP contribution in [0.4, 0.5) is 10.1 Å². The van der Waals surface area contributed by atoms with Crippen LogP contribution in [0.3, 0.4) is 0 Å². The van der Waals surface area contributed by atoms with Crippen molar-refractivity contribution in [2.75, 3.05) is 11.3 Å². The van der Waals surface area contributed by atoms with Gasteiger partial charge in [0.25, 0.3) is 15.9 Å². The van der Waals surface area contributed by atoms with Crippen molar-refractivity contribution in [3.05, 3.63) is 90.2 Å². The summed E-state index contributed by atoms with van der Waals surface area (Å²) in [6.45, 7) is 1.81. The van der Waals surface area contributed by atoms with Crippen molar-refractivity contribution >= 4 is 21.6 Å². The first kappa shape index (κ1) is 21.3. The molecule has 30 heavy (non-hydrogen) atoms. The second-order valence-electron chi connectivity index (χ2n) is 6.61. The van der Waals surface area contributed by atoms with Gasteiger partial charge >= 0.3 is 0 Å². The summed E-state index contributed by atoms with van der Waals surface area (Å²) >= 11 is 0. The van der Waals surface area contributed by atoms with Crippen molar-refractivity contribution in [1.29, 1.82) is 0 Å². The van der Waals surface area contributed by atoms with Gasteiger partial charge in [0.05, 0.1) is 10.9 Å². The summed E-state index contributed by atoms with van der Waals surface area (Å²) in [5.41, 5.74) is 0.745. The van der Waals surface area contributed by atoms with Crippen molar-refractivity contribution in [2.24, 2.45) is 0 Å². The molecule has 0 radical (unpaired) electrons. The van der Waals surface area contributed by atoms with Crippen LogP contribution in [-0.4, -0.2) is 27.0 Å². The topological polar surface area (TPSA) is 84.5 Å². The van der Waals surface area contributed by atoms with Crippen LogP contribution in [0.2, 0.25) is 0 Å². The maximum Gasteiger partial charge on any atom is 0.261 e. The van der Waals surface area contributed by atoms with E-state index in [-0.39, 0.29) is 29.2 Å². The zero-order chi connectivity index (χ0) is 21.6. The van der Waals surface area contributed by atoms with Gasteiger partial charge in [-0.2, -0.15) is 0 Å². The normalized spacial score (nSPS) is 12.1. The van der Waals surface area contributed by atoms with Gasteiger partial charge in [0.15, 0.2) is 11.6 Å². The third kappa shape index (κ3) is 5.57. The van der Waals surface area contributed by atoms with Gasteiger partial charge < -0.3 is 10.1 Å². The Morgan fingerprint density at radius 2 is 1.60 bits per heavy atom. The molecule has 0 bridgehead atoms. The van der Waals surface area contributed by atoms with E-state index in [1.807, 2.05) is 0 Å². The first-order valence-corrected chi connectivity index (χ1v) is 10.7. The van der Waals surface area contributed by atoms with Crippen molar-refractivity contribution < 1.29 is 22.3 Å². The zero-order valence-electron chi connectivity index (χ0n) is 16.2. The van der Waals surface area contributed by atoms with Crippen LogP contribution >= 0.6 is 0 Å². The average Bonchev–Trinajstić information content (AvgIpc) is 2.73. The number of amides is 1. The molecular weight excluding hydrogens is 407 g/mol. The monoisotopic (exact) mass is 428 g/mol. The van der Waals surface area contributed by atoms with Crippen LogP contribution in [0, 0.1) is 5.82 Å². The van der Waals surface area contributed by atoms with Crippen LogP contribution in [0.15, 0.2) is 83.8 Å². The van der Waals surface area contributed by atoms with E-state index in [9.17, 15) is 17.6 Å². The molecule has 3 aromatic rings. The fourth-order valence-electron chi connectivity index (χ4n) is 2.63. The predicted molar refractivity (Wildman–Crippen MR) is 113 cm³/mol. The number of halogens is 1. The first-order chi connectivity index (χ1) is 14.3. The van der Waals surface area contributed by atoms with Gasteiger partial charge in [-0.3, -0.25) is 9.52 Å². The van der Waals surface area contributed by atoms with Crippen LogP contribution in [0.5, 0.6) is 5.75 Å². The Morgan fingerprint density at radius 1 is 0.967 bits per heavy atom. The lowest BCUT2D eigenvalue weighted by molar-refractivity contribution is 0.0926. The van der Waals surface area contributed by atoms with Gasteiger partial charge in [0.1, 0.15) is 6.61 Å². The van der Waals surface area contributed by atoms with E-state index in [0.29, 0.717) is 11.3 Å². The summed E-state index contributed by atoms with van der Waals surface area (Å²) in [4.78, 5) is 12.4. The van der Waals surface area contributed by atoms with Gasteiger partial charge in [-0.15, -0.1) is 0 Å². The number of sulfonamides is 1. The number of ether oxygens (including phenoxy) is 1. The molecule has 3 aromatic carbocycles. The molecule has 0 saturated carbocycles. The minimum atomic E-state index is -3.76. The van der Waals surface area contributed by atoms with E-state index in [2.05, 4.69) is 10.0 Å². The van der Waals surface area contributed by atoms with E-state index in [4.69, 9.17) is 4.74 Å².